The van der Waals surface area contributed by atoms with E-state index in [4.69, 9.17) is 23.7 Å². The van der Waals surface area contributed by atoms with Crippen LogP contribution in [0.5, 0.6) is 17.2 Å². The highest BCUT2D eigenvalue weighted by Crippen LogP contribution is 2.39. The molecule has 116 valence electrons. The fourth-order valence-electron chi connectivity index (χ4n) is 2.16. The van der Waals surface area contributed by atoms with Gasteiger partial charge in [0.05, 0.1) is 7.11 Å². The second kappa shape index (κ2) is 4.94. The van der Waals surface area contributed by atoms with Gasteiger partial charge in [-0.3, -0.25) is 0 Å². The van der Waals surface area contributed by atoms with Gasteiger partial charge in [0.25, 0.3) is 5.79 Å². The van der Waals surface area contributed by atoms with Crippen molar-refractivity contribution in [2.75, 3.05) is 13.9 Å². The van der Waals surface area contributed by atoms with E-state index in [9.17, 15) is 9.59 Å². The van der Waals surface area contributed by atoms with Crippen molar-refractivity contribution in [3.05, 3.63) is 23.3 Å². The smallest absolute Gasteiger partial charge is 0.348 e. The predicted molar refractivity (Wildman–Crippen MR) is 73.4 cm³/mol. The van der Waals surface area contributed by atoms with E-state index in [0.29, 0.717) is 22.8 Å². The van der Waals surface area contributed by atoms with Crippen LogP contribution in [-0.4, -0.2) is 31.6 Å². The van der Waals surface area contributed by atoms with E-state index in [1.165, 1.54) is 27.0 Å². The first-order chi connectivity index (χ1) is 10.4. The van der Waals surface area contributed by atoms with E-state index in [0.717, 1.165) is 0 Å². The molecule has 2 aliphatic rings. The molecule has 0 aliphatic carbocycles. The number of ether oxygens (including phenoxy) is 5. The van der Waals surface area contributed by atoms with E-state index >= 15 is 0 Å². The monoisotopic (exact) mass is 306 g/mol. The Labute approximate surface area is 126 Å². The minimum atomic E-state index is -1.27. The van der Waals surface area contributed by atoms with Crippen LogP contribution in [0.4, 0.5) is 0 Å². The van der Waals surface area contributed by atoms with Gasteiger partial charge in [0.15, 0.2) is 11.5 Å². The Kier molecular flexibility index (Phi) is 3.20. The highest BCUT2D eigenvalue weighted by atomic mass is 16.7. The number of hydrogen-bond acceptors (Lipinski definition) is 7. The zero-order chi connectivity index (χ0) is 15.9. The number of methoxy groups -OCH3 is 1. The van der Waals surface area contributed by atoms with Crippen molar-refractivity contribution in [1.82, 2.24) is 0 Å². The summed E-state index contributed by atoms with van der Waals surface area (Å²) in [4.78, 5) is 23.9. The third-order valence-electron chi connectivity index (χ3n) is 3.14. The van der Waals surface area contributed by atoms with Gasteiger partial charge in [-0.25, -0.2) is 9.59 Å². The number of esters is 2. The summed E-state index contributed by atoms with van der Waals surface area (Å²) in [6, 6.07) is 3.24. The highest BCUT2D eigenvalue weighted by Gasteiger charge is 2.39. The third-order valence-corrected chi connectivity index (χ3v) is 3.14. The summed E-state index contributed by atoms with van der Waals surface area (Å²) < 4.78 is 25.9. The molecule has 3 rings (SSSR count). The van der Waals surface area contributed by atoms with E-state index in [1.54, 1.807) is 12.1 Å². The minimum absolute atomic E-state index is 0.108. The maximum absolute atomic E-state index is 12.0. The van der Waals surface area contributed by atoms with Gasteiger partial charge in [-0.1, -0.05) is 0 Å². The molecule has 0 aromatic heterocycles. The predicted octanol–water partition coefficient (Wildman–Crippen LogP) is 1.64. The molecular formula is C15H14O7. The minimum Gasteiger partial charge on any atom is -0.496 e. The summed E-state index contributed by atoms with van der Waals surface area (Å²) in [5, 5.41) is 0. The van der Waals surface area contributed by atoms with Gasteiger partial charge in [0, 0.05) is 25.5 Å². The highest BCUT2D eigenvalue weighted by molar-refractivity contribution is 6.19. The van der Waals surface area contributed by atoms with Gasteiger partial charge in [-0.2, -0.15) is 0 Å². The average molecular weight is 306 g/mol. The molecule has 1 fully saturated rings. The van der Waals surface area contributed by atoms with Gasteiger partial charge >= 0.3 is 11.9 Å². The summed E-state index contributed by atoms with van der Waals surface area (Å²) in [5.41, 5.74) is 0.270. The van der Waals surface area contributed by atoms with Crippen molar-refractivity contribution in [3.8, 4) is 17.2 Å². The largest absolute Gasteiger partial charge is 0.496 e. The Morgan fingerprint density at radius 1 is 1.09 bits per heavy atom. The summed E-state index contributed by atoms with van der Waals surface area (Å²) in [6.07, 6.45) is 1.35. The second-order valence-corrected chi connectivity index (χ2v) is 5.18. The maximum Gasteiger partial charge on any atom is 0.348 e. The first-order valence-electron chi connectivity index (χ1n) is 6.55. The number of cyclic esters (lactones) is 2. The van der Waals surface area contributed by atoms with Gasteiger partial charge in [-0.05, 0) is 12.1 Å². The molecule has 0 N–H and O–H groups in total. The summed E-state index contributed by atoms with van der Waals surface area (Å²) in [5.74, 6) is -1.30. The zero-order valence-electron chi connectivity index (χ0n) is 12.3. The standard InChI is InChI=1S/C15H14O7/c1-15(2)21-13(16)9(14(17)22-15)4-8-5-11-12(20-7-19-11)6-10(8)18-3/h4-6H,7H2,1-3H3. The molecule has 0 saturated carbocycles. The second-order valence-electron chi connectivity index (χ2n) is 5.18. The number of fused-ring (bicyclic) bond motifs is 1. The lowest BCUT2D eigenvalue weighted by atomic mass is 10.1. The molecule has 22 heavy (non-hydrogen) atoms. The number of hydrogen-bond donors (Lipinski definition) is 0. The fourth-order valence-corrected chi connectivity index (χ4v) is 2.16. The Morgan fingerprint density at radius 3 is 2.27 bits per heavy atom. The van der Waals surface area contributed by atoms with Gasteiger partial charge in [0.1, 0.15) is 11.3 Å². The van der Waals surface area contributed by atoms with Crippen LogP contribution in [0.2, 0.25) is 0 Å². The molecular weight excluding hydrogens is 292 g/mol. The number of carbonyl (C=O) groups is 2. The normalized spacial score (nSPS) is 18.6. The van der Waals surface area contributed by atoms with Crippen LogP contribution in [0.3, 0.4) is 0 Å². The maximum atomic E-state index is 12.0. The SMILES string of the molecule is COc1cc2c(cc1C=C1C(=O)OC(C)(C)OC1=O)OCO2. The number of benzene rings is 1. The van der Waals surface area contributed by atoms with Gasteiger partial charge < -0.3 is 23.7 Å². The van der Waals surface area contributed by atoms with Crippen LogP contribution >= 0.6 is 0 Å². The Hall–Kier alpha value is -2.70. The van der Waals surface area contributed by atoms with Crippen molar-refractivity contribution in [2.24, 2.45) is 0 Å². The molecule has 0 bridgehead atoms. The number of carbonyl (C=O) groups excluding carboxylic acids is 2. The van der Waals surface area contributed by atoms with Crippen LogP contribution in [0.25, 0.3) is 6.08 Å². The summed E-state index contributed by atoms with van der Waals surface area (Å²) >= 11 is 0. The van der Waals surface area contributed by atoms with E-state index in [-0.39, 0.29) is 12.4 Å². The van der Waals surface area contributed by atoms with Crippen LogP contribution in [0, 0.1) is 0 Å². The average Bonchev–Trinajstić information content (AvgIpc) is 2.87. The Morgan fingerprint density at radius 2 is 1.68 bits per heavy atom. The van der Waals surface area contributed by atoms with Gasteiger partial charge in [-0.15, -0.1) is 0 Å². The van der Waals surface area contributed by atoms with E-state index in [2.05, 4.69) is 0 Å². The van der Waals surface area contributed by atoms with Crippen molar-refractivity contribution in [2.45, 2.75) is 19.6 Å². The number of rotatable bonds is 2. The molecule has 0 unspecified atom stereocenters. The summed E-state index contributed by atoms with van der Waals surface area (Å²) in [7, 11) is 1.47. The lowest BCUT2D eigenvalue weighted by Crippen LogP contribution is -2.41. The van der Waals surface area contributed by atoms with Crippen molar-refractivity contribution in [3.63, 3.8) is 0 Å². The molecule has 0 amide bonds. The molecule has 7 nitrogen and oxygen atoms in total. The molecule has 1 saturated heterocycles. The van der Waals surface area contributed by atoms with Crippen LogP contribution < -0.4 is 14.2 Å². The summed E-state index contributed by atoms with van der Waals surface area (Å²) in [6.45, 7) is 3.08. The third kappa shape index (κ3) is 2.45. The first-order valence-corrected chi connectivity index (χ1v) is 6.55. The lowest BCUT2D eigenvalue weighted by Gasteiger charge is -2.29. The molecule has 0 spiro atoms. The first kappa shape index (κ1) is 14.2. The van der Waals surface area contributed by atoms with Crippen molar-refractivity contribution in [1.29, 1.82) is 0 Å². The quantitative estimate of drug-likeness (QED) is 0.467. The van der Waals surface area contributed by atoms with Gasteiger partial charge in [0.2, 0.25) is 6.79 Å². The van der Waals surface area contributed by atoms with Crippen LogP contribution in [0.1, 0.15) is 19.4 Å². The lowest BCUT2D eigenvalue weighted by molar-refractivity contribution is -0.222. The molecule has 1 aromatic rings. The topological polar surface area (TPSA) is 80.3 Å². The molecule has 0 atom stereocenters. The van der Waals surface area contributed by atoms with Crippen molar-refractivity contribution < 1.29 is 33.3 Å². The van der Waals surface area contributed by atoms with Crippen LogP contribution in [0.15, 0.2) is 17.7 Å². The Bertz CT molecular complexity index is 665. The molecule has 2 heterocycles. The Balaban J connectivity index is 2.01. The van der Waals surface area contributed by atoms with E-state index in [1.807, 2.05) is 0 Å². The van der Waals surface area contributed by atoms with Crippen molar-refractivity contribution >= 4 is 18.0 Å². The molecule has 0 radical (unpaired) electrons. The molecule has 7 heteroatoms. The zero-order valence-corrected chi connectivity index (χ0v) is 12.3. The molecule has 2 aliphatic heterocycles. The fraction of sp³-hybridized carbons (Fsp3) is 0.333. The molecule has 1 aromatic carbocycles. The van der Waals surface area contributed by atoms with E-state index < -0.39 is 17.7 Å². The van der Waals surface area contributed by atoms with Crippen LogP contribution in [-0.2, 0) is 19.1 Å².